The lowest BCUT2D eigenvalue weighted by Crippen LogP contribution is -2.30. The SMILES string of the molecule is O=C(CSCc1cccnc1)Nc1cccc(CN2C(=O)CNC2=O)c1. The minimum absolute atomic E-state index is 0.0312. The summed E-state index contributed by atoms with van der Waals surface area (Å²) in [6.45, 7) is 0.216. The Balaban J connectivity index is 1.50. The van der Waals surface area contributed by atoms with E-state index in [9.17, 15) is 14.4 Å². The van der Waals surface area contributed by atoms with E-state index in [0.29, 0.717) is 17.2 Å². The Morgan fingerprint density at radius 2 is 2.08 bits per heavy atom. The van der Waals surface area contributed by atoms with E-state index >= 15 is 0 Å². The summed E-state index contributed by atoms with van der Waals surface area (Å²) in [4.78, 5) is 40.5. The van der Waals surface area contributed by atoms with Gasteiger partial charge in [0.05, 0.1) is 18.8 Å². The number of thioether (sulfide) groups is 1. The van der Waals surface area contributed by atoms with E-state index in [1.165, 1.54) is 11.8 Å². The predicted molar refractivity (Wildman–Crippen MR) is 99.4 cm³/mol. The number of hydrogen-bond donors (Lipinski definition) is 2. The lowest BCUT2D eigenvalue weighted by Gasteiger charge is -2.13. The van der Waals surface area contributed by atoms with Crippen LogP contribution < -0.4 is 10.6 Å². The van der Waals surface area contributed by atoms with Crippen molar-refractivity contribution in [1.82, 2.24) is 15.2 Å². The van der Waals surface area contributed by atoms with Crippen molar-refractivity contribution < 1.29 is 14.4 Å². The van der Waals surface area contributed by atoms with Gasteiger partial charge in [-0.15, -0.1) is 11.8 Å². The highest BCUT2D eigenvalue weighted by Gasteiger charge is 2.28. The van der Waals surface area contributed by atoms with Gasteiger partial charge in [0.1, 0.15) is 0 Å². The van der Waals surface area contributed by atoms with Gasteiger partial charge >= 0.3 is 6.03 Å². The van der Waals surface area contributed by atoms with Crippen molar-refractivity contribution in [3.05, 3.63) is 59.9 Å². The summed E-state index contributed by atoms with van der Waals surface area (Å²) in [5.41, 5.74) is 2.48. The standard InChI is InChI=1S/C18H18N4O3S/c23-16(12-26-11-14-4-2-6-19-8-14)21-15-5-1-3-13(7-15)10-22-17(24)9-20-18(22)25/h1-8H,9-12H2,(H,20,25)(H,21,23). The number of nitrogens with zero attached hydrogens (tertiary/aromatic N) is 2. The maximum atomic E-state index is 12.1. The molecule has 0 bridgehead atoms. The number of carbonyl (C=O) groups excluding carboxylic acids is 3. The zero-order valence-electron chi connectivity index (χ0n) is 14.0. The van der Waals surface area contributed by atoms with Crippen molar-refractivity contribution in [3.63, 3.8) is 0 Å². The van der Waals surface area contributed by atoms with Gasteiger partial charge in [-0.25, -0.2) is 4.79 Å². The highest BCUT2D eigenvalue weighted by Crippen LogP contribution is 2.16. The smallest absolute Gasteiger partial charge is 0.324 e. The lowest BCUT2D eigenvalue weighted by atomic mass is 10.2. The van der Waals surface area contributed by atoms with E-state index in [1.54, 1.807) is 30.6 Å². The first-order valence-electron chi connectivity index (χ1n) is 8.05. The summed E-state index contributed by atoms with van der Waals surface area (Å²) in [6, 6.07) is 10.6. The summed E-state index contributed by atoms with van der Waals surface area (Å²) in [5, 5.41) is 5.32. The number of amides is 4. The fraction of sp³-hybridized carbons (Fsp3) is 0.222. The molecule has 2 aromatic rings. The number of urea groups is 1. The summed E-state index contributed by atoms with van der Waals surface area (Å²) < 4.78 is 0. The fourth-order valence-corrected chi connectivity index (χ4v) is 3.25. The summed E-state index contributed by atoms with van der Waals surface area (Å²) >= 11 is 1.51. The maximum absolute atomic E-state index is 12.1. The highest BCUT2D eigenvalue weighted by atomic mass is 32.2. The Hall–Kier alpha value is -2.87. The normalized spacial score (nSPS) is 13.6. The van der Waals surface area contributed by atoms with Gasteiger partial charge in [-0.2, -0.15) is 0 Å². The van der Waals surface area contributed by atoms with Crippen LogP contribution in [0.2, 0.25) is 0 Å². The molecule has 1 aromatic heterocycles. The molecule has 1 fully saturated rings. The van der Waals surface area contributed by atoms with Crippen LogP contribution in [0.1, 0.15) is 11.1 Å². The third-order valence-corrected chi connectivity index (χ3v) is 4.72. The molecule has 0 atom stereocenters. The third kappa shape index (κ3) is 4.82. The molecule has 0 aliphatic carbocycles. The number of anilines is 1. The van der Waals surface area contributed by atoms with Gasteiger partial charge in [-0.05, 0) is 29.3 Å². The van der Waals surface area contributed by atoms with Gasteiger partial charge in [0, 0.05) is 23.8 Å². The van der Waals surface area contributed by atoms with Crippen molar-refractivity contribution in [2.75, 3.05) is 17.6 Å². The molecule has 8 heteroatoms. The summed E-state index contributed by atoms with van der Waals surface area (Å²) in [6.07, 6.45) is 3.50. The van der Waals surface area contributed by atoms with E-state index < -0.39 is 6.03 Å². The van der Waals surface area contributed by atoms with Crippen LogP contribution in [0.4, 0.5) is 10.5 Å². The Labute approximate surface area is 155 Å². The molecule has 1 saturated heterocycles. The quantitative estimate of drug-likeness (QED) is 0.728. The fourth-order valence-electron chi connectivity index (χ4n) is 2.49. The molecule has 4 amide bonds. The third-order valence-electron chi connectivity index (χ3n) is 3.71. The zero-order chi connectivity index (χ0) is 18.4. The van der Waals surface area contributed by atoms with Crippen LogP contribution in [-0.4, -0.2) is 40.0 Å². The van der Waals surface area contributed by atoms with Crippen molar-refractivity contribution in [2.24, 2.45) is 0 Å². The molecular weight excluding hydrogens is 352 g/mol. The number of benzene rings is 1. The van der Waals surface area contributed by atoms with E-state index in [-0.39, 0.29) is 24.9 Å². The van der Waals surface area contributed by atoms with Gasteiger partial charge in [-0.3, -0.25) is 19.5 Å². The number of hydrogen-bond acceptors (Lipinski definition) is 5. The van der Waals surface area contributed by atoms with Crippen LogP contribution in [0, 0.1) is 0 Å². The highest BCUT2D eigenvalue weighted by molar-refractivity contribution is 7.99. The lowest BCUT2D eigenvalue weighted by molar-refractivity contribution is -0.125. The second-order valence-corrected chi connectivity index (χ2v) is 6.73. The number of aromatic nitrogens is 1. The number of nitrogens with one attached hydrogen (secondary N) is 2. The molecule has 2 heterocycles. The topological polar surface area (TPSA) is 91.4 Å². The Kier molecular flexibility index (Phi) is 5.85. The molecule has 134 valence electrons. The second-order valence-electron chi connectivity index (χ2n) is 5.74. The molecule has 0 radical (unpaired) electrons. The van der Waals surface area contributed by atoms with E-state index in [0.717, 1.165) is 16.0 Å². The van der Waals surface area contributed by atoms with E-state index in [4.69, 9.17) is 0 Å². The monoisotopic (exact) mass is 370 g/mol. The van der Waals surface area contributed by atoms with Crippen LogP contribution in [0.25, 0.3) is 0 Å². The van der Waals surface area contributed by atoms with Crippen molar-refractivity contribution in [1.29, 1.82) is 0 Å². The maximum Gasteiger partial charge on any atom is 0.324 e. The molecule has 0 unspecified atom stereocenters. The number of rotatable bonds is 7. The molecule has 0 saturated carbocycles. The van der Waals surface area contributed by atoms with Crippen molar-refractivity contribution in [2.45, 2.75) is 12.3 Å². The van der Waals surface area contributed by atoms with E-state index in [2.05, 4.69) is 15.6 Å². The minimum atomic E-state index is -0.392. The van der Waals surface area contributed by atoms with Gasteiger partial charge < -0.3 is 10.6 Å². The molecule has 1 aliphatic heterocycles. The largest absolute Gasteiger partial charge is 0.329 e. The second kappa shape index (κ2) is 8.48. The number of imide groups is 1. The molecule has 7 nitrogen and oxygen atoms in total. The van der Waals surface area contributed by atoms with Gasteiger partial charge in [-0.1, -0.05) is 18.2 Å². The molecule has 2 N–H and O–H groups in total. The van der Waals surface area contributed by atoms with Gasteiger partial charge in [0.15, 0.2) is 0 Å². The van der Waals surface area contributed by atoms with Crippen molar-refractivity contribution in [3.8, 4) is 0 Å². The molecule has 0 spiro atoms. The number of carbonyl (C=O) groups is 3. The van der Waals surface area contributed by atoms with E-state index in [1.807, 2.05) is 18.2 Å². The Bertz CT molecular complexity index is 797. The molecule has 1 aromatic carbocycles. The Morgan fingerprint density at radius 1 is 1.23 bits per heavy atom. The van der Waals surface area contributed by atoms with Crippen LogP contribution in [0.5, 0.6) is 0 Å². The first-order valence-corrected chi connectivity index (χ1v) is 9.21. The zero-order valence-corrected chi connectivity index (χ0v) is 14.8. The molecular formula is C18H18N4O3S. The molecule has 26 heavy (non-hydrogen) atoms. The first kappa shape index (κ1) is 17.9. The first-order chi connectivity index (χ1) is 12.6. The average Bonchev–Trinajstić information content (AvgIpc) is 2.95. The van der Waals surface area contributed by atoms with Crippen LogP contribution in [-0.2, 0) is 21.9 Å². The molecule has 3 rings (SSSR count). The van der Waals surface area contributed by atoms with Crippen LogP contribution >= 0.6 is 11.8 Å². The molecule has 1 aliphatic rings. The van der Waals surface area contributed by atoms with Gasteiger partial charge in [0.25, 0.3) is 0 Å². The predicted octanol–water partition coefficient (Wildman–Crippen LogP) is 2.01. The summed E-state index contributed by atoms with van der Waals surface area (Å²) in [7, 11) is 0. The minimum Gasteiger partial charge on any atom is -0.329 e. The van der Waals surface area contributed by atoms with Crippen LogP contribution in [0.3, 0.4) is 0 Å². The number of pyridine rings is 1. The van der Waals surface area contributed by atoms with Crippen molar-refractivity contribution >= 4 is 35.3 Å². The Morgan fingerprint density at radius 3 is 2.81 bits per heavy atom. The van der Waals surface area contributed by atoms with Crippen LogP contribution in [0.15, 0.2) is 48.8 Å². The van der Waals surface area contributed by atoms with Gasteiger partial charge in [0.2, 0.25) is 11.8 Å². The summed E-state index contributed by atoms with van der Waals surface area (Å²) in [5.74, 6) is 0.682. The average molecular weight is 370 g/mol.